The van der Waals surface area contributed by atoms with Gasteiger partial charge in [-0.05, 0) is 60.4 Å². The van der Waals surface area contributed by atoms with E-state index in [1.54, 1.807) is 0 Å². The maximum Gasteiger partial charge on any atom is 0.172 e. The van der Waals surface area contributed by atoms with E-state index in [9.17, 15) is 0 Å². The van der Waals surface area contributed by atoms with Crippen LogP contribution in [0.15, 0.2) is 85.5 Å². The van der Waals surface area contributed by atoms with Gasteiger partial charge in [-0.3, -0.25) is 0 Å². The molecule has 2 heterocycles. The van der Waals surface area contributed by atoms with Crippen LogP contribution in [0, 0.1) is 13.8 Å². The van der Waals surface area contributed by atoms with Crippen molar-refractivity contribution in [3.05, 3.63) is 119 Å². The molecule has 0 aliphatic rings. The number of hydrogen-bond acceptors (Lipinski definition) is 2. The van der Waals surface area contributed by atoms with Gasteiger partial charge in [0.2, 0.25) is 0 Å². The molecule has 0 bridgehead atoms. The van der Waals surface area contributed by atoms with Crippen LogP contribution in [0.3, 0.4) is 0 Å². The van der Waals surface area contributed by atoms with Crippen LogP contribution in [0.1, 0.15) is 39.8 Å². The summed E-state index contributed by atoms with van der Waals surface area (Å²) >= 11 is 0. The van der Waals surface area contributed by atoms with E-state index in [0.717, 1.165) is 19.5 Å². The van der Waals surface area contributed by atoms with Gasteiger partial charge in [-0.15, -0.1) is 0 Å². The van der Waals surface area contributed by atoms with E-state index >= 15 is 0 Å². The van der Waals surface area contributed by atoms with Gasteiger partial charge in [0.15, 0.2) is 37.9 Å². The third-order valence-corrected chi connectivity index (χ3v) is 7.08. The lowest BCUT2D eigenvalue weighted by Crippen LogP contribution is -2.39. The minimum atomic E-state index is 0.994. The Labute approximate surface area is 234 Å². The van der Waals surface area contributed by atoms with Crippen molar-refractivity contribution in [2.75, 3.05) is 38.0 Å². The van der Waals surface area contributed by atoms with Crippen molar-refractivity contribution < 1.29 is 9.13 Å². The van der Waals surface area contributed by atoms with E-state index in [1.807, 2.05) is 0 Å². The second kappa shape index (κ2) is 13.1. The van der Waals surface area contributed by atoms with Crippen LogP contribution in [0.5, 0.6) is 0 Å². The fourth-order valence-electron chi connectivity index (χ4n) is 4.57. The van der Waals surface area contributed by atoms with Crippen LogP contribution in [0.4, 0.5) is 11.4 Å². The van der Waals surface area contributed by atoms with Crippen LogP contribution in [-0.4, -0.2) is 28.2 Å². The molecule has 200 valence electrons. The van der Waals surface area contributed by atoms with Gasteiger partial charge in [-0.1, -0.05) is 48.6 Å². The van der Waals surface area contributed by atoms with Gasteiger partial charge >= 0.3 is 0 Å². The average Bonchev–Trinajstić information content (AvgIpc) is 2.92. The Kier molecular flexibility index (Phi) is 9.32. The molecular weight excluding hydrogens is 476 g/mol. The van der Waals surface area contributed by atoms with Crippen molar-refractivity contribution in [3.8, 4) is 0 Å². The van der Waals surface area contributed by atoms with Crippen molar-refractivity contribution >= 4 is 35.7 Å². The lowest BCUT2D eigenvalue weighted by Gasteiger charge is -2.11. The Morgan fingerprint density at radius 3 is 1.26 bits per heavy atom. The van der Waals surface area contributed by atoms with Crippen LogP contribution in [0.25, 0.3) is 24.3 Å². The van der Waals surface area contributed by atoms with Crippen molar-refractivity contribution in [3.63, 3.8) is 0 Å². The predicted molar refractivity (Wildman–Crippen MR) is 167 cm³/mol. The zero-order valence-electron chi connectivity index (χ0n) is 24.3. The van der Waals surface area contributed by atoms with Gasteiger partial charge in [0.05, 0.1) is 6.42 Å². The minimum Gasteiger partial charge on any atom is -0.378 e. The summed E-state index contributed by atoms with van der Waals surface area (Å²) in [4.78, 5) is 4.24. The zero-order chi connectivity index (χ0) is 27.8. The van der Waals surface area contributed by atoms with E-state index < -0.39 is 0 Å². The van der Waals surface area contributed by atoms with Crippen LogP contribution in [-0.2, 0) is 13.1 Å². The second-order valence-electron chi connectivity index (χ2n) is 10.6. The fourth-order valence-corrected chi connectivity index (χ4v) is 4.57. The number of anilines is 2. The third kappa shape index (κ3) is 7.90. The van der Waals surface area contributed by atoms with E-state index in [1.165, 1.54) is 44.8 Å². The van der Waals surface area contributed by atoms with Crippen LogP contribution < -0.4 is 18.9 Å². The largest absolute Gasteiger partial charge is 0.378 e. The van der Waals surface area contributed by atoms with Crippen molar-refractivity contribution in [2.45, 2.75) is 33.4 Å². The van der Waals surface area contributed by atoms with Gasteiger partial charge in [-0.25, -0.2) is 9.13 Å². The molecule has 0 fully saturated rings. The molecule has 0 saturated carbocycles. The Hall–Kier alpha value is -4.18. The highest BCUT2D eigenvalue weighted by molar-refractivity contribution is 5.72. The topological polar surface area (TPSA) is 14.2 Å². The molecule has 4 heteroatoms. The summed E-state index contributed by atoms with van der Waals surface area (Å²) in [6.07, 6.45) is 18.8. The van der Waals surface area contributed by atoms with E-state index in [0.29, 0.717) is 0 Å². The first-order valence-corrected chi connectivity index (χ1v) is 13.7. The molecule has 0 amide bonds. The van der Waals surface area contributed by atoms with Crippen molar-refractivity contribution in [2.24, 2.45) is 0 Å². The normalized spacial score (nSPS) is 11.4. The quantitative estimate of drug-likeness (QED) is 0.224. The highest BCUT2D eigenvalue weighted by Gasteiger charge is 2.09. The average molecular weight is 519 g/mol. The summed E-state index contributed by atoms with van der Waals surface area (Å²) in [5, 5.41) is 0. The van der Waals surface area contributed by atoms with Gasteiger partial charge in [0.25, 0.3) is 0 Å². The predicted octanol–water partition coefficient (Wildman–Crippen LogP) is 6.44. The summed E-state index contributed by atoms with van der Waals surface area (Å²) in [7, 11) is 8.26. The molecule has 4 nitrogen and oxygen atoms in total. The molecule has 2 aromatic heterocycles. The van der Waals surface area contributed by atoms with Crippen LogP contribution in [0.2, 0.25) is 0 Å². The molecule has 39 heavy (non-hydrogen) atoms. The van der Waals surface area contributed by atoms with E-state index in [-0.39, 0.29) is 0 Å². The van der Waals surface area contributed by atoms with E-state index in [2.05, 4.69) is 171 Å². The third-order valence-electron chi connectivity index (χ3n) is 7.08. The SMILES string of the molecule is Cc1c[n+](CCC[n+]2ccc(/C=C/c3ccc(N(C)C)cc3)c(C)c2)ccc1/C=C/c1ccc(N(C)C)cc1. The summed E-state index contributed by atoms with van der Waals surface area (Å²) in [5.74, 6) is 0. The molecule has 0 spiro atoms. The molecule has 0 radical (unpaired) electrons. The molecule has 0 saturated heterocycles. The first-order valence-electron chi connectivity index (χ1n) is 13.7. The molecule has 0 aliphatic heterocycles. The lowest BCUT2D eigenvalue weighted by atomic mass is 10.1. The number of hydrogen-bond donors (Lipinski definition) is 0. The monoisotopic (exact) mass is 518 g/mol. The Morgan fingerprint density at radius 1 is 0.538 bits per heavy atom. The zero-order valence-corrected chi connectivity index (χ0v) is 24.3. The van der Waals surface area contributed by atoms with Gasteiger partial charge in [-0.2, -0.15) is 0 Å². The maximum absolute atomic E-state index is 2.30. The number of aromatic nitrogens is 2. The van der Waals surface area contributed by atoms with Crippen LogP contribution >= 0.6 is 0 Å². The Bertz CT molecular complexity index is 1320. The van der Waals surface area contributed by atoms with Gasteiger partial charge in [0.1, 0.15) is 0 Å². The number of nitrogens with zero attached hydrogens (tertiary/aromatic N) is 4. The summed E-state index contributed by atoms with van der Waals surface area (Å²) in [6, 6.07) is 21.7. The molecule has 4 aromatic rings. The number of benzene rings is 2. The minimum absolute atomic E-state index is 0.994. The molecule has 0 N–H and O–H groups in total. The van der Waals surface area contributed by atoms with Crippen molar-refractivity contribution in [1.82, 2.24) is 0 Å². The first kappa shape index (κ1) is 27.8. The number of pyridine rings is 2. The first-order chi connectivity index (χ1) is 18.8. The summed E-state index contributed by atoms with van der Waals surface area (Å²) in [5.41, 5.74) is 9.94. The molecular formula is C35H42N4+2. The summed E-state index contributed by atoms with van der Waals surface area (Å²) < 4.78 is 4.59. The maximum atomic E-state index is 2.30. The number of aryl methyl sites for hydroxylation is 4. The summed E-state index contributed by atoms with van der Waals surface area (Å²) in [6.45, 7) is 6.36. The fraction of sp³-hybridized carbons (Fsp3) is 0.257. The smallest absolute Gasteiger partial charge is 0.172 e. The second-order valence-corrected chi connectivity index (χ2v) is 10.6. The molecule has 0 atom stereocenters. The highest BCUT2D eigenvalue weighted by Crippen LogP contribution is 2.17. The highest BCUT2D eigenvalue weighted by atomic mass is 15.1. The van der Waals surface area contributed by atoms with Gasteiger partial charge in [0, 0.05) is 62.8 Å². The van der Waals surface area contributed by atoms with Gasteiger partial charge < -0.3 is 9.80 Å². The standard InChI is InChI=1S/C35H42N4/c1-28-26-38(24-20-32(28)14-8-30-10-16-34(17-11-30)36(3)4)22-7-23-39-25-21-33(29(2)27-39)15-9-31-12-18-35(19-13-31)37(5)6/h8-21,24-27H,7,22-23H2,1-6H3/q+2. The molecule has 0 aliphatic carbocycles. The molecule has 4 rings (SSSR count). The molecule has 2 aromatic carbocycles. The Morgan fingerprint density at radius 2 is 0.923 bits per heavy atom. The van der Waals surface area contributed by atoms with Crippen molar-refractivity contribution in [1.29, 1.82) is 0 Å². The lowest BCUT2D eigenvalue weighted by molar-refractivity contribution is -0.727. The number of rotatable bonds is 10. The molecule has 0 unspecified atom stereocenters. The van der Waals surface area contributed by atoms with E-state index in [4.69, 9.17) is 0 Å². The Balaban J connectivity index is 1.30.